The number of aromatic nitrogens is 2. The first-order valence-corrected chi connectivity index (χ1v) is 12.0. The van der Waals surface area contributed by atoms with E-state index in [2.05, 4.69) is 0 Å². The van der Waals surface area contributed by atoms with E-state index in [1.807, 2.05) is 11.0 Å². The highest BCUT2D eigenvalue weighted by molar-refractivity contribution is 8.00. The van der Waals surface area contributed by atoms with Gasteiger partial charge in [-0.05, 0) is 31.4 Å². The highest BCUT2D eigenvalue weighted by atomic mass is 32.2. The summed E-state index contributed by atoms with van der Waals surface area (Å²) in [4.78, 5) is 33.3. The van der Waals surface area contributed by atoms with Gasteiger partial charge in [0.05, 0.1) is 36.2 Å². The number of hydrogen-bond donors (Lipinski definition) is 0. The third kappa shape index (κ3) is 4.18. The average molecular weight is 448 g/mol. The van der Waals surface area contributed by atoms with Crippen molar-refractivity contribution in [1.82, 2.24) is 14.5 Å². The van der Waals surface area contributed by atoms with Crippen LogP contribution in [0.1, 0.15) is 25.0 Å². The molecule has 2 aliphatic heterocycles. The zero-order chi connectivity index (χ0) is 21.1. The fraction of sp³-hybridized carbons (Fsp3) is 0.476. The third-order valence-corrected chi connectivity index (χ3v) is 7.36. The van der Waals surface area contributed by atoms with E-state index in [4.69, 9.17) is 14.5 Å². The van der Waals surface area contributed by atoms with Gasteiger partial charge in [-0.3, -0.25) is 14.2 Å². The molecule has 3 heterocycles. The molecule has 160 valence electrons. The van der Waals surface area contributed by atoms with E-state index in [9.17, 15) is 9.59 Å². The minimum absolute atomic E-state index is 0.0948. The van der Waals surface area contributed by atoms with Gasteiger partial charge < -0.3 is 14.4 Å². The summed E-state index contributed by atoms with van der Waals surface area (Å²) in [6, 6.07) is 5.35. The van der Waals surface area contributed by atoms with Crippen LogP contribution in [0.3, 0.4) is 0 Å². The molecule has 0 unspecified atom stereocenters. The van der Waals surface area contributed by atoms with Crippen molar-refractivity contribution in [3.63, 3.8) is 0 Å². The Hall–Kier alpha value is -2.13. The molecule has 0 radical (unpaired) electrons. The van der Waals surface area contributed by atoms with Gasteiger partial charge in [-0.2, -0.15) is 0 Å². The summed E-state index contributed by atoms with van der Waals surface area (Å²) in [5.74, 6) is 2.35. The van der Waals surface area contributed by atoms with Crippen LogP contribution in [0.15, 0.2) is 33.0 Å². The van der Waals surface area contributed by atoms with Crippen LogP contribution in [0.25, 0.3) is 5.69 Å². The molecular formula is C21H25N3O4S2. The Morgan fingerprint density at radius 1 is 1.17 bits per heavy atom. The zero-order valence-corrected chi connectivity index (χ0v) is 18.8. The van der Waals surface area contributed by atoms with Crippen LogP contribution in [-0.4, -0.2) is 59.2 Å². The molecule has 0 bridgehead atoms. The van der Waals surface area contributed by atoms with Crippen LogP contribution >= 0.6 is 23.5 Å². The lowest BCUT2D eigenvalue weighted by Crippen LogP contribution is -2.37. The Morgan fingerprint density at radius 3 is 2.67 bits per heavy atom. The number of piperidine rings is 1. The second-order valence-corrected chi connectivity index (χ2v) is 9.23. The lowest BCUT2D eigenvalue weighted by molar-refractivity contribution is -0.129. The van der Waals surface area contributed by atoms with Crippen molar-refractivity contribution in [2.24, 2.45) is 0 Å². The minimum Gasteiger partial charge on any atom is -0.493 e. The van der Waals surface area contributed by atoms with Gasteiger partial charge in [0.2, 0.25) is 5.91 Å². The maximum Gasteiger partial charge on any atom is 0.272 e. The largest absolute Gasteiger partial charge is 0.493 e. The summed E-state index contributed by atoms with van der Waals surface area (Å²) in [6.07, 6.45) is 4.07. The van der Waals surface area contributed by atoms with Crippen LogP contribution < -0.4 is 15.0 Å². The van der Waals surface area contributed by atoms with Gasteiger partial charge in [-0.25, -0.2) is 4.98 Å². The second-order valence-electron chi connectivity index (χ2n) is 7.18. The summed E-state index contributed by atoms with van der Waals surface area (Å²) in [5, 5.41) is 0.541. The Bertz CT molecular complexity index is 1000. The molecule has 0 atom stereocenters. The standard InChI is InChI=1S/C21H25N3O4S2/c1-27-16-7-6-14(12-17(16)28-2)24-20(26)19-15(8-11-29-19)22-21(24)30-13-18(25)23-9-4-3-5-10-23/h6-7,12H,3-5,8-11,13H2,1-2H3. The summed E-state index contributed by atoms with van der Waals surface area (Å²) < 4.78 is 12.3. The topological polar surface area (TPSA) is 73.7 Å². The number of thioether (sulfide) groups is 2. The minimum atomic E-state index is -0.0948. The fourth-order valence-corrected chi connectivity index (χ4v) is 5.70. The molecule has 1 aromatic carbocycles. The van der Waals surface area contributed by atoms with Crippen molar-refractivity contribution < 1.29 is 14.3 Å². The maximum atomic E-state index is 13.3. The predicted octanol–water partition coefficient (Wildman–Crippen LogP) is 3.00. The first-order valence-electron chi connectivity index (χ1n) is 10.0. The summed E-state index contributed by atoms with van der Waals surface area (Å²) in [5.41, 5.74) is 1.38. The number of hydrogen-bond acceptors (Lipinski definition) is 7. The molecule has 30 heavy (non-hydrogen) atoms. The van der Waals surface area contributed by atoms with E-state index in [1.165, 1.54) is 18.2 Å². The number of aryl methyl sites for hydroxylation is 1. The Kier molecular flexibility index (Phi) is 6.58. The molecule has 9 heteroatoms. The maximum absolute atomic E-state index is 13.3. The smallest absolute Gasteiger partial charge is 0.272 e. The summed E-state index contributed by atoms with van der Waals surface area (Å²) in [6.45, 7) is 1.63. The number of benzene rings is 1. The molecule has 0 saturated carbocycles. The Labute approximate surface area is 184 Å². The molecule has 1 saturated heterocycles. The van der Waals surface area contributed by atoms with Gasteiger partial charge in [0, 0.05) is 31.3 Å². The third-order valence-electron chi connectivity index (χ3n) is 5.33. The van der Waals surface area contributed by atoms with Gasteiger partial charge in [0.25, 0.3) is 5.56 Å². The highest BCUT2D eigenvalue weighted by Gasteiger charge is 2.24. The average Bonchev–Trinajstić information content (AvgIpc) is 3.26. The summed E-state index contributed by atoms with van der Waals surface area (Å²) in [7, 11) is 3.14. The molecule has 7 nitrogen and oxygen atoms in total. The molecule has 1 amide bonds. The molecule has 2 aromatic rings. The predicted molar refractivity (Wildman–Crippen MR) is 119 cm³/mol. The van der Waals surface area contributed by atoms with Gasteiger partial charge in [0.15, 0.2) is 16.7 Å². The quantitative estimate of drug-likeness (QED) is 0.498. The molecule has 4 rings (SSSR count). The van der Waals surface area contributed by atoms with Crippen molar-refractivity contribution in [3.8, 4) is 17.2 Å². The van der Waals surface area contributed by atoms with Gasteiger partial charge in [0.1, 0.15) is 0 Å². The van der Waals surface area contributed by atoms with Crippen molar-refractivity contribution in [3.05, 3.63) is 34.2 Å². The fourth-order valence-electron chi connectivity index (χ4n) is 3.74. The van der Waals surface area contributed by atoms with Crippen LogP contribution in [0.4, 0.5) is 0 Å². The number of methoxy groups -OCH3 is 2. The Balaban J connectivity index is 1.69. The number of amides is 1. The number of fused-ring (bicyclic) bond motifs is 1. The molecule has 1 fully saturated rings. The molecule has 1 aromatic heterocycles. The van der Waals surface area contributed by atoms with E-state index >= 15 is 0 Å². The van der Waals surface area contributed by atoms with Crippen molar-refractivity contribution in [2.45, 2.75) is 35.7 Å². The van der Waals surface area contributed by atoms with Gasteiger partial charge in [-0.1, -0.05) is 11.8 Å². The van der Waals surface area contributed by atoms with Crippen LogP contribution in [0.5, 0.6) is 11.5 Å². The molecule has 0 N–H and O–H groups in total. The van der Waals surface area contributed by atoms with Crippen molar-refractivity contribution in [1.29, 1.82) is 0 Å². The number of ether oxygens (including phenoxy) is 2. The lowest BCUT2D eigenvalue weighted by atomic mass is 10.1. The van der Waals surface area contributed by atoms with Crippen LogP contribution in [0.2, 0.25) is 0 Å². The summed E-state index contributed by atoms with van der Waals surface area (Å²) >= 11 is 2.87. The van der Waals surface area contributed by atoms with E-state index in [-0.39, 0.29) is 17.2 Å². The zero-order valence-electron chi connectivity index (χ0n) is 17.2. The number of rotatable bonds is 6. The molecule has 0 aliphatic carbocycles. The molecule has 2 aliphatic rings. The Morgan fingerprint density at radius 2 is 1.93 bits per heavy atom. The number of nitrogens with zero attached hydrogens (tertiary/aromatic N) is 3. The highest BCUT2D eigenvalue weighted by Crippen LogP contribution is 2.33. The van der Waals surface area contributed by atoms with Crippen LogP contribution in [-0.2, 0) is 11.2 Å². The van der Waals surface area contributed by atoms with Crippen molar-refractivity contribution >= 4 is 29.4 Å². The molecular weight excluding hydrogens is 422 g/mol. The number of carbonyl (C=O) groups is 1. The van der Waals surface area contributed by atoms with E-state index in [1.54, 1.807) is 42.7 Å². The van der Waals surface area contributed by atoms with E-state index < -0.39 is 0 Å². The van der Waals surface area contributed by atoms with E-state index in [0.29, 0.717) is 27.2 Å². The number of carbonyl (C=O) groups excluding carboxylic acids is 1. The monoisotopic (exact) mass is 447 g/mol. The SMILES string of the molecule is COc1ccc(-n2c(SCC(=O)N3CCCCC3)nc3c(c2=O)SCC3)cc1OC. The first kappa shape index (κ1) is 21.1. The second kappa shape index (κ2) is 9.34. The van der Waals surface area contributed by atoms with Gasteiger partial charge >= 0.3 is 0 Å². The lowest BCUT2D eigenvalue weighted by Gasteiger charge is -2.26. The van der Waals surface area contributed by atoms with E-state index in [0.717, 1.165) is 43.8 Å². The van der Waals surface area contributed by atoms with Crippen LogP contribution in [0, 0.1) is 0 Å². The first-order chi connectivity index (χ1) is 14.6. The number of likely N-dealkylation sites (tertiary alicyclic amines) is 1. The normalized spacial score (nSPS) is 15.7. The molecule has 0 spiro atoms. The van der Waals surface area contributed by atoms with Gasteiger partial charge in [-0.15, -0.1) is 11.8 Å². The van der Waals surface area contributed by atoms with Crippen molar-refractivity contribution in [2.75, 3.05) is 38.8 Å².